The predicted molar refractivity (Wildman–Crippen MR) is 132 cm³/mol. The van der Waals surface area contributed by atoms with E-state index in [9.17, 15) is 9.59 Å². The zero-order valence-electron chi connectivity index (χ0n) is 19.8. The van der Waals surface area contributed by atoms with Gasteiger partial charge in [-0.25, -0.2) is 9.69 Å². The van der Waals surface area contributed by atoms with Gasteiger partial charge in [-0.3, -0.25) is 9.69 Å². The van der Waals surface area contributed by atoms with E-state index in [1.54, 1.807) is 6.92 Å². The maximum Gasteiger partial charge on any atom is 0.326 e. The lowest BCUT2D eigenvalue weighted by Gasteiger charge is -2.29. The maximum absolute atomic E-state index is 13.6. The number of fused-ring (bicyclic) bond motifs is 2. The molecule has 0 radical (unpaired) electrons. The number of benzene rings is 3. The minimum Gasteiger partial charge on any atom is -0.490 e. The summed E-state index contributed by atoms with van der Waals surface area (Å²) in [7, 11) is 0. The molecule has 3 aromatic carbocycles. The van der Waals surface area contributed by atoms with E-state index in [0.29, 0.717) is 13.2 Å². The van der Waals surface area contributed by atoms with E-state index >= 15 is 0 Å². The van der Waals surface area contributed by atoms with Crippen LogP contribution in [-0.4, -0.2) is 48.2 Å². The fourth-order valence-corrected chi connectivity index (χ4v) is 5.46. The zero-order valence-corrected chi connectivity index (χ0v) is 19.8. The number of ether oxygens (including phenoxy) is 2. The van der Waals surface area contributed by atoms with Crippen LogP contribution in [0, 0.1) is 0 Å². The van der Waals surface area contributed by atoms with Crippen molar-refractivity contribution in [2.75, 3.05) is 26.4 Å². The average molecular weight is 472 g/mol. The minimum absolute atomic E-state index is 0.111. The molecule has 2 saturated heterocycles. The Morgan fingerprint density at radius 2 is 1.74 bits per heavy atom. The molecule has 0 unspecified atom stereocenters. The van der Waals surface area contributed by atoms with Gasteiger partial charge in [0.15, 0.2) is 11.5 Å². The first kappa shape index (κ1) is 21.9. The summed E-state index contributed by atoms with van der Waals surface area (Å²) in [5.74, 6) is 1.32. The fraction of sp³-hybridized carbons (Fsp3) is 0.357. The Bertz CT molecular complexity index is 1310. The van der Waals surface area contributed by atoms with Gasteiger partial charge in [-0.05, 0) is 59.9 Å². The summed E-state index contributed by atoms with van der Waals surface area (Å²) in [5, 5.41) is 5.10. The lowest BCUT2D eigenvalue weighted by molar-refractivity contribution is -0.132. The summed E-state index contributed by atoms with van der Waals surface area (Å²) in [6.45, 7) is 4.17. The first-order chi connectivity index (χ1) is 17.0. The first-order valence-corrected chi connectivity index (χ1v) is 12.3. The summed E-state index contributed by atoms with van der Waals surface area (Å²) >= 11 is 0. The zero-order chi connectivity index (χ0) is 24.0. The Kier molecular flexibility index (Phi) is 5.37. The van der Waals surface area contributed by atoms with Gasteiger partial charge in [0.2, 0.25) is 0 Å². The molecule has 3 heterocycles. The second-order valence-electron chi connectivity index (χ2n) is 9.72. The largest absolute Gasteiger partial charge is 0.490 e. The third-order valence-corrected chi connectivity index (χ3v) is 7.44. The van der Waals surface area contributed by atoms with Crippen molar-refractivity contribution >= 4 is 22.7 Å². The Labute approximate surface area is 204 Å². The monoisotopic (exact) mass is 471 g/mol. The molecular formula is C28H29N3O4. The number of imide groups is 1. The van der Waals surface area contributed by atoms with Gasteiger partial charge in [-0.1, -0.05) is 42.5 Å². The topological polar surface area (TPSA) is 71.1 Å². The molecule has 6 rings (SSSR count). The van der Waals surface area contributed by atoms with Gasteiger partial charge >= 0.3 is 6.03 Å². The first-order valence-electron chi connectivity index (χ1n) is 12.3. The molecule has 1 N–H and O–H groups in total. The van der Waals surface area contributed by atoms with Crippen LogP contribution in [0.4, 0.5) is 4.79 Å². The average Bonchev–Trinajstić information content (AvgIpc) is 3.32. The predicted octanol–water partition coefficient (Wildman–Crippen LogP) is 4.56. The van der Waals surface area contributed by atoms with E-state index in [-0.39, 0.29) is 24.6 Å². The van der Waals surface area contributed by atoms with Crippen molar-refractivity contribution in [1.29, 1.82) is 0 Å². The van der Waals surface area contributed by atoms with Gasteiger partial charge in [0.1, 0.15) is 5.54 Å². The van der Waals surface area contributed by atoms with Crippen molar-refractivity contribution in [3.05, 3.63) is 71.8 Å². The molecule has 2 fully saturated rings. The van der Waals surface area contributed by atoms with E-state index < -0.39 is 5.54 Å². The minimum atomic E-state index is -1.09. The van der Waals surface area contributed by atoms with Crippen molar-refractivity contribution in [2.24, 2.45) is 0 Å². The molecule has 0 aromatic heterocycles. The van der Waals surface area contributed by atoms with Crippen LogP contribution in [0.2, 0.25) is 0 Å². The van der Waals surface area contributed by atoms with Gasteiger partial charge in [-0.15, -0.1) is 0 Å². The number of amides is 3. The smallest absolute Gasteiger partial charge is 0.326 e. The SMILES string of the molecule is C[C@]1(c2ccc3ccccc3c2)NC(=O)N(CN2CCC[C@@H]2c2ccc3c(c2)OCCCO3)C1=O. The molecule has 0 aliphatic carbocycles. The molecule has 0 spiro atoms. The quantitative estimate of drug-likeness (QED) is 0.565. The van der Waals surface area contributed by atoms with Crippen molar-refractivity contribution in [3.63, 3.8) is 0 Å². The van der Waals surface area contributed by atoms with E-state index in [1.807, 2.05) is 48.5 Å². The molecular weight excluding hydrogens is 442 g/mol. The highest BCUT2D eigenvalue weighted by Crippen LogP contribution is 2.39. The second kappa shape index (κ2) is 8.57. The third-order valence-electron chi connectivity index (χ3n) is 7.44. The summed E-state index contributed by atoms with van der Waals surface area (Å²) in [6, 6.07) is 19.8. The molecule has 3 aliphatic rings. The van der Waals surface area contributed by atoms with E-state index in [2.05, 4.69) is 22.3 Å². The highest BCUT2D eigenvalue weighted by molar-refractivity contribution is 6.07. The number of hydrogen-bond acceptors (Lipinski definition) is 5. The van der Waals surface area contributed by atoms with Crippen LogP contribution < -0.4 is 14.8 Å². The van der Waals surface area contributed by atoms with Gasteiger partial charge < -0.3 is 14.8 Å². The summed E-state index contributed by atoms with van der Waals surface area (Å²) in [6.07, 6.45) is 2.83. The Morgan fingerprint density at radius 1 is 0.943 bits per heavy atom. The van der Waals surface area contributed by atoms with Crippen molar-refractivity contribution in [2.45, 2.75) is 37.8 Å². The molecule has 2 atom stereocenters. The number of carbonyl (C=O) groups excluding carboxylic acids is 2. The Morgan fingerprint density at radius 3 is 2.60 bits per heavy atom. The van der Waals surface area contributed by atoms with Crippen LogP contribution in [0.1, 0.15) is 43.4 Å². The van der Waals surface area contributed by atoms with Crippen LogP contribution in [-0.2, 0) is 10.3 Å². The summed E-state index contributed by atoms with van der Waals surface area (Å²) in [5.41, 5.74) is 0.819. The second-order valence-corrected chi connectivity index (χ2v) is 9.72. The van der Waals surface area contributed by atoms with Gasteiger partial charge in [0.25, 0.3) is 5.91 Å². The van der Waals surface area contributed by atoms with Crippen molar-refractivity contribution in [1.82, 2.24) is 15.1 Å². The highest BCUT2D eigenvalue weighted by Gasteiger charge is 2.50. The van der Waals surface area contributed by atoms with Crippen molar-refractivity contribution in [3.8, 4) is 11.5 Å². The molecule has 180 valence electrons. The maximum atomic E-state index is 13.6. The molecule has 0 bridgehead atoms. The van der Waals surface area contributed by atoms with Crippen LogP contribution in [0.15, 0.2) is 60.7 Å². The Hall–Kier alpha value is -3.58. The van der Waals surface area contributed by atoms with Gasteiger partial charge in [0.05, 0.1) is 19.9 Å². The van der Waals surface area contributed by atoms with E-state index in [4.69, 9.17) is 9.47 Å². The van der Waals surface area contributed by atoms with Gasteiger partial charge in [-0.2, -0.15) is 0 Å². The number of nitrogens with one attached hydrogen (secondary N) is 1. The fourth-order valence-electron chi connectivity index (χ4n) is 5.46. The standard InChI is InChI=1S/C28H29N3O4/c1-28(22-11-9-19-6-2-3-7-20(19)16-22)26(32)31(27(33)29-28)18-30-13-4-8-23(30)21-10-12-24-25(17-21)35-15-5-14-34-24/h2-3,6-7,9-12,16-17,23H,4-5,8,13-15,18H2,1H3,(H,29,33)/t23-,28-/m1/s1. The molecule has 3 amide bonds. The highest BCUT2D eigenvalue weighted by atomic mass is 16.5. The molecule has 3 aliphatic heterocycles. The lowest BCUT2D eigenvalue weighted by atomic mass is 9.90. The summed E-state index contributed by atoms with van der Waals surface area (Å²) < 4.78 is 11.7. The number of rotatable bonds is 4. The molecule has 7 heteroatoms. The molecule has 35 heavy (non-hydrogen) atoms. The van der Waals surface area contributed by atoms with Crippen LogP contribution in [0.5, 0.6) is 11.5 Å². The van der Waals surface area contributed by atoms with E-state index in [0.717, 1.165) is 59.2 Å². The molecule has 7 nitrogen and oxygen atoms in total. The lowest BCUT2D eigenvalue weighted by Crippen LogP contribution is -2.43. The van der Waals surface area contributed by atoms with Gasteiger partial charge in [0, 0.05) is 19.0 Å². The Balaban J connectivity index is 1.24. The number of nitrogens with zero attached hydrogens (tertiary/aromatic N) is 2. The molecule has 3 aromatic rings. The normalized spacial score (nSPS) is 24.6. The summed E-state index contributed by atoms with van der Waals surface area (Å²) in [4.78, 5) is 30.2. The number of hydrogen-bond donors (Lipinski definition) is 1. The number of carbonyl (C=O) groups is 2. The third kappa shape index (κ3) is 3.80. The van der Waals surface area contributed by atoms with Crippen LogP contribution >= 0.6 is 0 Å². The van der Waals surface area contributed by atoms with Crippen LogP contribution in [0.3, 0.4) is 0 Å². The number of urea groups is 1. The van der Waals surface area contributed by atoms with Crippen LogP contribution in [0.25, 0.3) is 10.8 Å². The molecule has 0 saturated carbocycles. The number of likely N-dealkylation sites (tertiary alicyclic amines) is 1. The van der Waals surface area contributed by atoms with Crippen molar-refractivity contribution < 1.29 is 19.1 Å². The van der Waals surface area contributed by atoms with E-state index in [1.165, 1.54) is 4.90 Å².